The largest absolute Gasteiger partial charge is 0.446 e. The third kappa shape index (κ3) is 3.84. The second-order valence-corrected chi connectivity index (χ2v) is 7.95. The molecule has 9 nitrogen and oxygen atoms in total. The Morgan fingerprint density at radius 2 is 1.90 bits per heavy atom. The molecular weight excluding hydrogens is 376 g/mol. The molecule has 2 aromatic rings. The summed E-state index contributed by atoms with van der Waals surface area (Å²) in [5.74, 6) is 0.478. The summed E-state index contributed by atoms with van der Waals surface area (Å²) in [5, 5.41) is 14.3. The van der Waals surface area contributed by atoms with E-state index in [4.69, 9.17) is 24.0 Å². The molecule has 3 aliphatic rings. The molecule has 3 fully saturated rings. The van der Waals surface area contributed by atoms with Crippen LogP contribution in [0.15, 0.2) is 6.33 Å². The predicted octanol–water partition coefficient (Wildman–Crippen LogP) is 2.64. The van der Waals surface area contributed by atoms with Crippen molar-refractivity contribution < 1.29 is 24.1 Å². The molecule has 4 atom stereocenters. The molecule has 5 heterocycles. The smallest absolute Gasteiger partial charge is 0.245 e. The number of fused-ring (bicyclic) bond motifs is 1. The van der Waals surface area contributed by atoms with E-state index in [1.54, 1.807) is 0 Å². The molecule has 3 aliphatic heterocycles. The molecule has 9 heteroatoms. The van der Waals surface area contributed by atoms with Gasteiger partial charge in [0.2, 0.25) is 12.2 Å². The monoisotopic (exact) mass is 404 g/mol. The maximum atomic E-state index is 9.45. The highest BCUT2D eigenvalue weighted by atomic mass is 16.7. The molecule has 0 radical (unpaired) electrons. The van der Waals surface area contributed by atoms with E-state index in [9.17, 15) is 5.11 Å². The van der Waals surface area contributed by atoms with Gasteiger partial charge in [0.05, 0.1) is 19.3 Å². The summed E-state index contributed by atoms with van der Waals surface area (Å²) >= 11 is 0. The van der Waals surface area contributed by atoms with E-state index in [1.165, 1.54) is 6.33 Å². The van der Waals surface area contributed by atoms with Gasteiger partial charge in [0, 0.05) is 13.0 Å². The summed E-state index contributed by atoms with van der Waals surface area (Å²) in [4.78, 5) is 8.95. The van der Waals surface area contributed by atoms with Crippen molar-refractivity contribution in [3.05, 3.63) is 12.0 Å². The van der Waals surface area contributed by atoms with Crippen molar-refractivity contribution in [2.75, 3.05) is 19.8 Å². The molecule has 0 saturated carbocycles. The van der Waals surface area contributed by atoms with Crippen LogP contribution in [0.2, 0.25) is 0 Å². The van der Waals surface area contributed by atoms with Crippen molar-refractivity contribution in [1.82, 2.24) is 19.7 Å². The van der Waals surface area contributed by atoms with Crippen LogP contribution in [-0.2, 0) is 14.2 Å². The lowest BCUT2D eigenvalue weighted by Gasteiger charge is -2.25. The molecule has 2 unspecified atom stereocenters. The highest BCUT2D eigenvalue weighted by Gasteiger charge is 2.34. The van der Waals surface area contributed by atoms with Crippen molar-refractivity contribution in [3.8, 4) is 5.88 Å². The molecule has 0 amide bonds. The van der Waals surface area contributed by atoms with Gasteiger partial charge in [-0.15, -0.1) is 0 Å². The van der Waals surface area contributed by atoms with Crippen LogP contribution >= 0.6 is 0 Å². The minimum absolute atomic E-state index is 0.0171. The van der Waals surface area contributed by atoms with E-state index >= 15 is 0 Å². The van der Waals surface area contributed by atoms with Gasteiger partial charge < -0.3 is 24.1 Å². The van der Waals surface area contributed by atoms with E-state index in [0.29, 0.717) is 19.1 Å². The zero-order valence-electron chi connectivity index (χ0n) is 16.5. The number of aromatic nitrogens is 4. The summed E-state index contributed by atoms with van der Waals surface area (Å²) in [7, 11) is 0. The molecule has 2 aromatic heterocycles. The standard InChI is InChI=1S/C20H28N4O5/c25-11-13-7-8-14(28-13)17-18-19(24(23-17)15-5-1-3-9-26-15)20(22-12-21-18)29-16-6-2-4-10-27-16/h12-16,25H,1-11H2/t13-,14+,15?,16?/m0/s1. The van der Waals surface area contributed by atoms with Crippen LogP contribution in [0.1, 0.15) is 69.4 Å². The topological polar surface area (TPSA) is 101 Å². The minimum atomic E-state index is -0.303. The fourth-order valence-corrected chi connectivity index (χ4v) is 4.37. The first-order valence-corrected chi connectivity index (χ1v) is 10.7. The van der Waals surface area contributed by atoms with Crippen molar-refractivity contribution in [3.63, 3.8) is 0 Å². The molecule has 0 bridgehead atoms. The maximum absolute atomic E-state index is 9.45. The zero-order valence-corrected chi connectivity index (χ0v) is 16.5. The van der Waals surface area contributed by atoms with Gasteiger partial charge in [-0.2, -0.15) is 10.1 Å². The Hall–Kier alpha value is -1.81. The average Bonchev–Trinajstić information content (AvgIpc) is 3.40. The molecular formula is C20H28N4O5. The second-order valence-electron chi connectivity index (χ2n) is 7.95. The first-order chi connectivity index (χ1) is 14.3. The SMILES string of the molecule is OC[C@@H]1CC[C@H](c2nn(C3CCCCO3)c3c(OC4CCCCO4)ncnc23)O1. The molecule has 1 N–H and O–H groups in total. The van der Waals surface area contributed by atoms with E-state index in [2.05, 4.69) is 9.97 Å². The van der Waals surface area contributed by atoms with E-state index in [-0.39, 0.29) is 31.3 Å². The molecule has 0 spiro atoms. The normalized spacial score (nSPS) is 30.7. The van der Waals surface area contributed by atoms with Crippen LogP contribution in [0.4, 0.5) is 0 Å². The van der Waals surface area contributed by atoms with Crippen molar-refractivity contribution in [2.24, 2.45) is 0 Å². The van der Waals surface area contributed by atoms with Gasteiger partial charge in [0.15, 0.2) is 11.7 Å². The van der Waals surface area contributed by atoms with Crippen LogP contribution in [0, 0.1) is 0 Å². The van der Waals surface area contributed by atoms with Gasteiger partial charge >= 0.3 is 0 Å². The van der Waals surface area contributed by atoms with Gasteiger partial charge in [0.1, 0.15) is 23.6 Å². The zero-order chi connectivity index (χ0) is 19.6. The number of rotatable bonds is 5. The number of hydrogen-bond donors (Lipinski definition) is 1. The van der Waals surface area contributed by atoms with E-state index < -0.39 is 0 Å². The molecule has 0 aromatic carbocycles. The number of aliphatic hydroxyl groups is 1. The van der Waals surface area contributed by atoms with Crippen molar-refractivity contribution in [1.29, 1.82) is 0 Å². The van der Waals surface area contributed by atoms with Crippen LogP contribution in [-0.4, -0.2) is 57.1 Å². The summed E-state index contributed by atoms with van der Waals surface area (Å²) in [6, 6.07) is 0. The molecule has 0 aliphatic carbocycles. The Kier molecular flexibility index (Phi) is 5.63. The van der Waals surface area contributed by atoms with E-state index in [1.807, 2.05) is 4.68 Å². The molecule has 158 valence electrons. The van der Waals surface area contributed by atoms with Gasteiger partial charge in [-0.3, -0.25) is 0 Å². The lowest BCUT2D eigenvalue weighted by Crippen LogP contribution is -2.26. The summed E-state index contributed by atoms with van der Waals surface area (Å²) in [5.41, 5.74) is 2.23. The summed E-state index contributed by atoms with van der Waals surface area (Å²) < 4.78 is 25.8. The molecule has 29 heavy (non-hydrogen) atoms. The lowest BCUT2D eigenvalue weighted by atomic mass is 10.1. The van der Waals surface area contributed by atoms with Gasteiger partial charge in [-0.1, -0.05) is 0 Å². The van der Waals surface area contributed by atoms with Gasteiger partial charge in [0.25, 0.3) is 0 Å². The van der Waals surface area contributed by atoms with Crippen LogP contribution in [0.5, 0.6) is 5.88 Å². The Labute approximate surface area is 169 Å². The fourth-order valence-electron chi connectivity index (χ4n) is 4.37. The van der Waals surface area contributed by atoms with Crippen LogP contribution in [0.3, 0.4) is 0 Å². The predicted molar refractivity (Wildman–Crippen MR) is 102 cm³/mol. The molecule has 3 saturated heterocycles. The summed E-state index contributed by atoms with van der Waals surface area (Å²) in [6.07, 6.45) is 8.29. The Morgan fingerprint density at radius 1 is 1.03 bits per heavy atom. The number of aliphatic hydroxyl groups excluding tert-OH is 1. The minimum Gasteiger partial charge on any atom is -0.446 e. The molecule has 5 rings (SSSR count). The fraction of sp³-hybridized carbons (Fsp3) is 0.750. The highest BCUT2D eigenvalue weighted by molar-refractivity contribution is 5.82. The van der Waals surface area contributed by atoms with Gasteiger partial charge in [-0.05, 0) is 44.9 Å². The second kappa shape index (κ2) is 8.51. The lowest BCUT2D eigenvalue weighted by molar-refractivity contribution is -0.107. The first kappa shape index (κ1) is 19.2. The number of ether oxygens (including phenoxy) is 4. The Balaban J connectivity index is 1.54. The van der Waals surface area contributed by atoms with E-state index in [0.717, 1.165) is 68.1 Å². The number of nitrogens with zero attached hydrogens (tertiary/aromatic N) is 4. The van der Waals surface area contributed by atoms with Crippen molar-refractivity contribution in [2.45, 2.75) is 76.1 Å². The van der Waals surface area contributed by atoms with Gasteiger partial charge in [-0.25, -0.2) is 9.67 Å². The third-order valence-corrected chi connectivity index (χ3v) is 5.90. The average molecular weight is 404 g/mol. The number of hydrogen-bond acceptors (Lipinski definition) is 8. The maximum Gasteiger partial charge on any atom is 0.245 e. The highest BCUT2D eigenvalue weighted by Crippen LogP contribution is 2.39. The first-order valence-electron chi connectivity index (χ1n) is 10.7. The quantitative estimate of drug-likeness (QED) is 0.812. The Bertz CT molecular complexity index is 832. The summed E-state index contributed by atoms with van der Waals surface area (Å²) in [6.45, 7) is 1.43. The third-order valence-electron chi connectivity index (χ3n) is 5.90. The van der Waals surface area contributed by atoms with Crippen LogP contribution < -0.4 is 4.74 Å². The van der Waals surface area contributed by atoms with Crippen LogP contribution in [0.25, 0.3) is 11.0 Å². The Morgan fingerprint density at radius 3 is 2.62 bits per heavy atom. The van der Waals surface area contributed by atoms with Crippen molar-refractivity contribution >= 4 is 11.0 Å².